The number of anilines is 5. The SMILES string of the molecule is C=CC(=O)N1CCC(N2Cc3cnc(Nc4ccc(N5CCN(C)CC5)nc4)nc3N(C)C2=O)c2ccccc21. The van der Waals surface area contributed by atoms with Crippen molar-refractivity contribution in [1.82, 2.24) is 24.8 Å². The minimum absolute atomic E-state index is 0.140. The second-order valence-electron chi connectivity index (χ2n) is 10.4. The van der Waals surface area contributed by atoms with Crippen LogP contribution in [0.15, 0.2) is 61.4 Å². The van der Waals surface area contributed by atoms with E-state index in [2.05, 4.69) is 43.7 Å². The van der Waals surface area contributed by atoms with Crippen LogP contribution in [0.25, 0.3) is 0 Å². The summed E-state index contributed by atoms with van der Waals surface area (Å²) >= 11 is 0. The van der Waals surface area contributed by atoms with Crippen LogP contribution in [0, 0.1) is 0 Å². The van der Waals surface area contributed by atoms with Crippen LogP contribution in [0.5, 0.6) is 0 Å². The van der Waals surface area contributed by atoms with Crippen LogP contribution in [0.4, 0.5) is 33.8 Å². The van der Waals surface area contributed by atoms with Gasteiger partial charge < -0.3 is 24.9 Å². The first kappa shape index (κ1) is 25.8. The molecule has 0 bridgehead atoms. The van der Waals surface area contributed by atoms with Gasteiger partial charge in [0.1, 0.15) is 11.6 Å². The molecule has 0 radical (unpaired) electrons. The molecule has 11 heteroatoms. The summed E-state index contributed by atoms with van der Waals surface area (Å²) in [6.45, 7) is 8.49. The third-order valence-corrected chi connectivity index (χ3v) is 7.89. The van der Waals surface area contributed by atoms with Crippen molar-refractivity contribution < 1.29 is 9.59 Å². The maximum Gasteiger partial charge on any atom is 0.326 e. The zero-order valence-corrected chi connectivity index (χ0v) is 22.8. The average Bonchev–Trinajstić information content (AvgIpc) is 2.99. The molecule has 0 spiro atoms. The van der Waals surface area contributed by atoms with Gasteiger partial charge in [0.15, 0.2) is 0 Å². The van der Waals surface area contributed by atoms with Gasteiger partial charge in [-0.3, -0.25) is 9.69 Å². The molecule has 1 unspecified atom stereocenters. The Morgan fingerprint density at radius 2 is 1.82 bits per heavy atom. The van der Waals surface area contributed by atoms with E-state index in [0.29, 0.717) is 31.3 Å². The maximum absolute atomic E-state index is 13.6. The number of urea groups is 1. The lowest BCUT2D eigenvalue weighted by Gasteiger charge is -2.43. The highest BCUT2D eigenvalue weighted by Gasteiger charge is 2.38. The van der Waals surface area contributed by atoms with E-state index in [1.807, 2.05) is 41.3 Å². The zero-order valence-electron chi connectivity index (χ0n) is 22.8. The van der Waals surface area contributed by atoms with Crippen molar-refractivity contribution in [3.05, 3.63) is 72.6 Å². The number of para-hydroxylation sites is 1. The number of nitrogens with zero attached hydrogens (tertiary/aromatic N) is 8. The van der Waals surface area contributed by atoms with Gasteiger partial charge in [-0.05, 0) is 43.3 Å². The van der Waals surface area contributed by atoms with Crippen LogP contribution >= 0.6 is 0 Å². The fourth-order valence-corrected chi connectivity index (χ4v) is 5.65. The molecular formula is C29H33N9O2. The van der Waals surface area contributed by atoms with E-state index in [4.69, 9.17) is 0 Å². The Balaban J connectivity index is 1.19. The lowest BCUT2D eigenvalue weighted by molar-refractivity contribution is -0.114. The minimum atomic E-state index is -0.171. The van der Waals surface area contributed by atoms with E-state index in [-0.39, 0.29) is 18.0 Å². The zero-order chi connectivity index (χ0) is 27.8. The van der Waals surface area contributed by atoms with Crippen molar-refractivity contribution in [1.29, 1.82) is 0 Å². The van der Waals surface area contributed by atoms with E-state index in [9.17, 15) is 9.59 Å². The second-order valence-corrected chi connectivity index (χ2v) is 10.4. The van der Waals surface area contributed by atoms with E-state index in [0.717, 1.165) is 54.5 Å². The quantitative estimate of drug-likeness (QED) is 0.493. The molecule has 40 heavy (non-hydrogen) atoms. The monoisotopic (exact) mass is 539 g/mol. The summed E-state index contributed by atoms with van der Waals surface area (Å²) in [5.41, 5.74) is 3.40. The summed E-state index contributed by atoms with van der Waals surface area (Å²) < 4.78 is 0. The molecule has 1 aromatic carbocycles. The Labute approximate surface area is 233 Å². The molecule has 0 saturated carbocycles. The number of rotatable bonds is 5. The van der Waals surface area contributed by atoms with Crippen LogP contribution in [-0.2, 0) is 11.3 Å². The normalized spacial score (nSPS) is 19.2. The summed E-state index contributed by atoms with van der Waals surface area (Å²) in [7, 11) is 3.87. The molecule has 206 valence electrons. The maximum atomic E-state index is 13.6. The van der Waals surface area contributed by atoms with Gasteiger partial charge in [-0.2, -0.15) is 4.98 Å². The molecular weight excluding hydrogens is 506 g/mol. The number of pyridine rings is 1. The Morgan fingerprint density at radius 1 is 1.02 bits per heavy atom. The molecule has 3 amide bonds. The number of nitrogens with one attached hydrogen (secondary N) is 1. The Hall–Kier alpha value is -4.51. The Bertz CT molecular complexity index is 1440. The summed E-state index contributed by atoms with van der Waals surface area (Å²) in [4.78, 5) is 49.6. The standard InChI is InChI=1S/C29H33N9O2/c1-4-26(39)37-12-11-24(22-7-5-6-8-23(22)37)38-19-20-17-31-28(33-27(20)35(3)29(38)40)32-21-9-10-25(30-18-21)36-15-13-34(2)14-16-36/h4-10,17-18,24H,1,11-16,19H2,2-3H3,(H,31,32,33). The van der Waals surface area contributed by atoms with Gasteiger partial charge in [0.2, 0.25) is 11.9 Å². The van der Waals surface area contributed by atoms with Gasteiger partial charge in [0, 0.05) is 57.2 Å². The fourth-order valence-electron chi connectivity index (χ4n) is 5.65. The number of amides is 3. The Morgan fingerprint density at radius 3 is 2.58 bits per heavy atom. The smallest absolute Gasteiger partial charge is 0.326 e. The average molecular weight is 540 g/mol. The summed E-state index contributed by atoms with van der Waals surface area (Å²) in [5.74, 6) is 1.79. The Kier molecular flexibility index (Phi) is 6.81. The molecule has 6 rings (SSSR count). The minimum Gasteiger partial charge on any atom is -0.354 e. The molecule has 1 atom stereocenters. The number of carbonyl (C=O) groups excluding carboxylic acids is 2. The van der Waals surface area contributed by atoms with E-state index >= 15 is 0 Å². The lowest BCUT2D eigenvalue weighted by Crippen LogP contribution is -2.49. The molecule has 1 N–H and O–H groups in total. The first-order valence-corrected chi connectivity index (χ1v) is 13.5. The number of piperazine rings is 1. The van der Waals surface area contributed by atoms with E-state index in [1.54, 1.807) is 29.2 Å². The summed E-state index contributed by atoms with van der Waals surface area (Å²) in [5, 5.41) is 3.23. The van der Waals surface area contributed by atoms with Crippen molar-refractivity contribution in [2.45, 2.75) is 19.0 Å². The molecule has 1 fully saturated rings. The molecule has 3 aromatic rings. The van der Waals surface area contributed by atoms with E-state index < -0.39 is 0 Å². The number of hydrogen-bond acceptors (Lipinski definition) is 8. The van der Waals surface area contributed by atoms with Crippen molar-refractivity contribution in [2.24, 2.45) is 0 Å². The number of fused-ring (bicyclic) bond motifs is 2. The van der Waals surface area contributed by atoms with Gasteiger partial charge in [0.25, 0.3) is 0 Å². The van der Waals surface area contributed by atoms with Crippen LogP contribution in [-0.4, -0.2) is 83.5 Å². The number of likely N-dealkylation sites (N-methyl/N-ethyl adjacent to an activating group) is 1. The predicted molar refractivity (Wildman–Crippen MR) is 155 cm³/mol. The highest BCUT2D eigenvalue weighted by atomic mass is 16.2. The first-order valence-electron chi connectivity index (χ1n) is 13.5. The van der Waals surface area contributed by atoms with Crippen molar-refractivity contribution in [3.8, 4) is 0 Å². The number of carbonyl (C=O) groups is 2. The third-order valence-electron chi connectivity index (χ3n) is 7.89. The molecule has 0 aliphatic carbocycles. The van der Waals surface area contributed by atoms with E-state index in [1.165, 1.54) is 6.08 Å². The van der Waals surface area contributed by atoms with Crippen LogP contribution < -0.4 is 20.0 Å². The predicted octanol–water partition coefficient (Wildman–Crippen LogP) is 3.40. The lowest BCUT2D eigenvalue weighted by atomic mass is 9.94. The molecule has 3 aliphatic heterocycles. The van der Waals surface area contributed by atoms with Crippen LogP contribution in [0.2, 0.25) is 0 Å². The first-order chi connectivity index (χ1) is 19.4. The number of hydrogen-bond donors (Lipinski definition) is 1. The van der Waals surface area contributed by atoms with Crippen molar-refractivity contribution >= 4 is 40.9 Å². The van der Waals surface area contributed by atoms with Crippen LogP contribution in [0.3, 0.4) is 0 Å². The molecule has 1 saturated heterocycles. The van der Waals surface area contributed by atoms with Gasteiger partial charge in [-0.25, -0.2) is 14.8 Å². The van der Waals surface area contributed by atoms with Gasteiger partial charge in [-0.1, -0.05) is 24.8 Å². The molecule has 2 aromatic heterocycles. The van der Waals surface area contributed by atoms with Crippen molar-refractivity contribution in [3.63, 3.8) is 0 Å². The van der Waals surface area contributed by atoms with Crippen molar-refractivity contribution in [2.75, 3.05) is 66.8 Å². The van der Waals surface area contributed by atoms with Crippen LogP contribution in [0.1, 0.15) is 23.6 Å². The van der Waals surface area contributed by atoms with Gasteiger partial charge in [0.05, 0.1) is 24.5 Å². The second kappa shape index (κ2) is 10.6. The topological polar surface area (TPSA) is 101 Å². The molecule has 3 aliphatic rings. The van der Waals surface area contributed by atoms with Gasteiger partial charge in [-0.15, -0.1) is 0 Å². The number of benzene rings is 1. The fraction of sp³-hybridized carbons (Fsp3) is 0.345. The largest absolute Gasteiger partial charge is 0.354 e. The number of aromatic nitrogens is 3. The summed E-state index contributed by atoms with van der Waals surface area (Å²) in [6.07, 6.45) is 5.51. The highest BCUT2D eigenvalue weighted by Crippen LogP contribution is 2.41. The van der Waals surface area contributed by atoms with Gasteiger partial charge >= 0.3 is 6.03 Å². The summed E-state index contributed by atoms with van der Waals surface area (Å²) in [6, 6.07) is 11.4. The molecule has 11 nitrogen and oxygen atoms in total. The third kappa shape index (κ3) is 4.73. The highest BCUT2D eigenvalue weighted by molar-refractivity contribution is 6.02. The molecule has 5 heterocycles.